The van der Waals surface area contributed by atoms with E-state index in [1.54, 1.807) is 18.1 Å². The third kappa shape index (κ3) is 3.32. The fraction of sp³-hybridized carbons (Fsp3) is 0.200. The van der Waals surface area contributed by atoms with Crippen molar-refractivity contribution in [2.75, 3.05) is 7.05 Å². The third-order valence-electron chi connectivity index (χ3n) is 2.89. The Balaban J connectivity index is 2.18. The van der Waals surface area contributed by atoms with E-state index in [-0.39, 0.29) is 5.91 Å². The van der Waals surface area contributed by atoms with Crippen molar-refractivity contribution in [1.29, 1.82) is 0 Å². The smallest absolute Gasteiger partial charge is 0.255 e. The van der Waals surface area contributed by atoms with Gasteiger partial charge in [0.1, 0.15) is 0 Å². The van der Waals surface area contributed by atoms with Gasteiger partial charge in [0, 0.05) is 16.8 Å². The van der Waals surface area contributed by atoms with Crippen molar-refractivity contribution < 1.29 is 4.79 Å². The van der Waals surface area contributed by atoms with Crippen LogP contribution in [-0.2, 0) is 6.54 Å². The van der Waals surface area contributed by atoms with Gasteiger partial charge in [0.15, 0.2) is 0 Å². The molecule has 0 aliphatic rings. The second-order valence-electron chi connectivity index (χ2n) is 4.42. The van der Waals surface area contributed by atoms with E-state index in [0.717, 1.165) is 20.4 Å². The summed E-state index contributed by atoms with van der Waals surface area (Å²) in [6.45, 7) is 2.53. The number of benzene rings is 1. The molecule has 0 radical (unpaired) electrons. The summed E-state index contributed by atoms with van der Waals surface area (Å²) in [6.07, 6.45) is 1.74. The summed E-state index contributed by atoms with van der Waals surface area (Å²) in [6, 6.07) is 11.5. The number of rotatable bonds is 3. The molecular formula is C15H15IN2O. The fourth-order valence-electron chi connectivity index (χ4n) is 1.82. The number of carbonyl (C=O) groups is 1. The molecule has 4 heteroatoms. The number of carbonyl (C=O) groups excluding carboxylic acids is 1. The summed E-state index contributed by atoms with van der Waals surface area (Å²) in [5.41, 5.74) is 2.76. The zero-order chi connectivity index (χ0) is 13.8. The van der Waals surface area contributed by atoms with E-state index in [4.69, 9.17) is 0 Å². The molecule has 0 saturated heterocycles. The van der Waals surface area contributed by atoms with Crippen molar-refractivity contribution in [3.8, 4) is 0 Å². The molecule has 0 aliphatic carbocycles. The van der Waals surface area contributed by atoms with Gasteiger partial charge in [-0.15, -0.1) is 0 Å². The highest BCUT2D eigenvalue weighted by molar-refractivity contribution is 14.1. The lowest BCUT2D eigenvalue weighted by atomic mass is 10.1. The first-order valence-electron chi connectivity index (χ1n) is 6.00. The maximum absolute atomic E-state index is 12.4. The molecule has 0 spiro atoms. The SMILES string of the molecule is Cc1cccc(C(=O)N(C)Cc2ccccn2)c1I. The minimum absolute atomic E-state index is 0.0266. The minimum Gasteiger partial charge on any atom is -0.336 e. The average molecular weight is 366 g/mol. The van der Waals surface area contributed by atoms with Gasteiger partial charge in [-0.2, -0.15) is 0 Å². The summed E-state index contributed by atoms with van der Waals surface area (Å²) < 4.78 is 1.01. The van der Waals surface area contributed by atoms with E-state index in [1.165, 1.54) is 0 Å². The molecule has 1 aromatic heterocycles. The van der Waals surface area contributed by atoms with Crippen molar-refractivity contribution in [3.05, 3.63) is 63.0 Å². The Labute approximate surface area is 126 Å². The lowest BCUT2D eigenvalue weighted by molar-refractivity contribution is 0.0782. The molecular weight excluding hydrogens is 351 g/mol. The normalized spacial score (nSPS) is 10.3. The van der Waals surface area contributed by atoms with Crippen LogP contribution < -0.4 is 0 Å². The average Bonchev–Trinajstić information content (AvgIpc) is 2.42. The molecule has 0 fully saturated rings. The van der Waals surface area contributed by atoms with Gasteiger partial charge < -0.3 is 4.90 Å². The number of amides is 1. The van der Waals surface area contributed by atoms with Gasteiger partial charge in [0.2, 0.25) is 0 Å². The number of nitrogens with zero attached hydrogens (tertiary/aromatic N) is 2. The van der Waals surface area contributed by atoms with Crippen molar-refractivity contribution in [2.45, 2.75) is 13.5 Å². The fourth-order valence-corrected chi connectivity index (χ4v) is 2.41. The van der Waals surface area contributed by atoms with Crippen molar-refractivity contribution in [3.63, 3.8) is 0 Å². The summed E-state index contributed by atoms with van der Waals surface area (Å²) in [4.78, 5) is 18.3. The van der Waals surface area contributed by atoms with Gasteiger partial charge in [0.25, 0.3) is 5.91 Å². The van der Waals surface area contributed by atoms with Crippen LogP contribution in [0.25, 0.3) is 0 Å². The van der Waals surface area contributed by atoms with E-state index in [9.17, 15) is 4.79 Å². The number of hydrogen-bond acceptors (Lipinski definition) is 2. The number of hydrogen-bond donors (Lipinski definition) is 0. The van der Waals surface area contributed by atoms with Gasteiger partial charge in [-0.3, -0.25) is 9.78 Å². The highest BCUT2D eigenvalue weighted by atomic mass is 127. The van der Waals surface area contributed by atoms with E-state index in [0.29, 0.717) is 6.54 Å². The van der Waals surface area contributed by atoms with Crippen LogP contribution in [0.1, 0.15) is 21.6 Å². The summed E-state index contributed by atoms with van der Waals surface area (Å²) in [5.74, 6) is 0.0266. The number of aryl methyl sites for hydroxylation is 1. The molecule has 2 rings (SSSR count). The summed E-state index contributed by atoms with van der Waals surface area (Å²) in [7, 11) is 1.80. The molecule has 1 aromatic carbocycles. The Hall–Kier alpha value is -1.43. The summed E-state index contributed by atoms with van der Waals surface area (Å²) in [5, 5.41) is 0. The molecule has 98 valence electrons. The molecule has 19 heavy (non-hydrogen) atoms. The second-order valence-corrected chi connectivity index (χ2v) is 5.50. The van der Waals surface area contributed by atoms with Crippen LogP contribution in [-0.4, -0.2) is 22.8 Å². The Morgan fingerprint density at radius 2 is 2.05 bits per heavy atom. The lowest BCUT2D eigenvalue weighted by Gasteiger charge is -2.18. The maximum atomic E-state index is 12.4. The first kappa shape index (κ1) is 14.0. The molecule has 0 saturated carbocycles. The van der Waals surface area contributed by atoms with E-state index >= 15 is 0 Å². The van der Waals surface area contributed by atoms with Gasteiger partial charge in [-0.05, 0) is 53.3 Å². The highest BCUT2D eigenvalue weighted by Crippen LogP contribution is 2.18. The van der Waals surface area contributed by atoms with E-state index < -0.39 is 0 Å². The summed E-state index contributed by atoms with van der Waals surface area (Å²) >= 11 is 2.22. The number of pyridine rings is 1. The predicted molar refractivity (Wildman–Crippen MR) is 83.9 cm³/mol. The van der Waals surface area contributed by atoms with Crippen LogP contribution in [0.4, 0.5) is 0 Å². The van der Waals surface area contributed by atoms with Crippen LogP contribution >= 0.6 is 22.6 Å². The zero-order valence-corrected chi connectivity index (χ0v) is 13.1. The standard InChI is InChI=1S/C15H15IN2O/c1-11-6-5-8-13(14(11)16)15(19)18(2)10-12-7-3-4-9-17-12/h3-9H,10H2,1-2H3. The Morgan fingerprint density at radius 1 is 1.26 bits per heavy atom. The van der Waals surface area contributed by atoms with Crippen LogP contribution in [0.3, 0.4) is 0 Å². The van der Waals surface area contributed by atoms with Crippen LogP contribution in [0.5, 0.6) is 0 Å². The van der Waals surface area contributed by atoms with Gasteiger partial charge in [0.05, 0.1) is 17.8 Å². The molecule has 0 atom stereocenters. The van der Waals surface area contributed by atoms with Gasteiger partial charge in [-0.25, -0.2) is 0 Å². The molecule has 0 unspecified atom stereocenters. The Morgan fingerprint density at radius 3 is 2.74 bits per heavy atom. The first-order chi connectivity index (χ1) is 9.09. The first-order valence-corrected chi connectivity index (χ1v) is 7.08. The van der Waals surface area contributed by atoms with Gasteiger partial charge in [-0.1, -0.05) is 18.2 Å². The molecule has 2 aromatic rings. The monoisotopic (exact) mass is 366 g/mol. The molecule has 0 aliphatic heterocycles. The van der Waals surface area contributed by atoms with E-state index in [2.05, 4.69) is 27.6 Å². The second kappa shape index (κ2) is 6.14. The molecule has 1 heterocycles. The van der Waals surface area contributed by atoms with Crippen LogP contribution in [0, 0.1) is 10.5 Å². The topological polar surface area (TPSA) is 33.2 Å². The largest absolute Gasteiger partial charge is 0.336 e. The Bertz CT molecular complexity index is 584. The molecule has 0 N–H and O–H groups in total. The lowest BCUT2D eigenvalue weighted by Crippen LogP contribution is -2.27. The highest BCUT2D eigenvalue weighted by Gasteiger charge is 2.16. The molecule has 0 bridgehead atoms. The number of halogens is 1. The molecule has 3 nitrogen and oxygen atoms in total. The number of aromatic nitrogens is 1. The zero-order valence-electron chi connectivity index (χ0n) is 10.9. The van der Waals surface area contributed by atoms with Crippen LogP contribution in [0.2, 0.25) is 0 Å². The maximum Gasteiger partial charge on any atom is 0.255 e. The van der Waals surface area contributed by atoms with Crippen molar-refractivity contribution in [1.82, 2.24) is 9.88 Å². The molecule has 1 amide bonds. The van der Waals surface area contributed by atoms with Gasteiger partial charge >= 0.3 is 0 Å². The predicted octanol–water partition coefficient (Wildman–Crippen LogP) is 3.27. The third-order valence-corrected chi connectivity index (χ3v) is 4.33. The van der Waals surface area contributed by atoms with Crippen molar-refractivity contribution in [2.24, 2.45) is 0 Å². The van der Waals surface area contributed by atoms with Crippen molar-refractivity contribution >= 4 is 28.5 Å². The quantitative estimate of drug-likeness (QED) is 0.782. The minimum atomic E-state index is 0.0266. The van der Waals surface area contributed by atoms with E-state index in [1.807, 2.05) is 43.3 Å². The van der Waals surface area contributed by atoms with Crippen LogP contribution in [0.15, 0.2) is 42.6 Å². The Kier molecular flexibility index (Phi) is 4.52.